The maximum Gasteiger partial charge on any atom is 0.287 e. The number of rotatable bonds is 7. The van der Waals surface area contributed by atoms with E-state index in [1.165, 1.54) is 23.7 Å². The number of aromatic nitrogens is 1. The van der Waals surface area contributed by atoms with Gasteiger partial charge in [-0.25, -0.2) is 4.98 Å². The molecule has 0 aliphatic rings. The van der Waals surface area contributed by atoms with E-state index in [-0.39, 0.29) is 5.69 Å². The molecule has 8 heteroatoms. The Balaban J connectivity index is 1.49. The van der Waals surface area contributed by atoms with E-state index >= 15 is 0 Å². The Morgan fingerprint density at radius 1 is 1.10 bits per heavy atom. The highest BCUT2D eigenvalue weighted by Gasteiger charge is 2.07. The van der Waals surface area contributed by atoms with Gasteiger partial charge in [-0.15, -0.1) is 0 Å². The van der Waals surface area contributed by atoms with Gasteiger partial charge in [0.15, 0.2) is 0 Å². The zero-order valence-electron chi connectivity index (χ0n) is 16.2. The molecule has 0 fully saturated rings. The number of hydrogen-bond acceptors (Lipinski definition) is 6. The lowest BCUT2D eigenvalue weighted by molar-refractivity contribution is -0.385. The molecule has 0 aliphatic carbocycles. The molecule has 0 radical (unpaired) electrons. The van der Waals surface area contributed by atoms with Crippen molar-refractivity contribution in [3.63, 3.8) is 0 Å². The first kappa shape index (κ1) is 20.5. The van der Waals surface area contributed by atoms with Gasteiger partial charge in [0.05, 0.1) is 11.1 Å². The van der Waals surface area contributed by atoms with Crippen LogP contribution in [0.4, 0.5) is 11.5 Å². The topological polar surface area (TPSA) is 89.7 Å². The summed E-state index contributed by atoms with van der Waals surface area (Å²) in [4.78, 5) is 14.2. The summed E-state index contributed by atoms with van der Waals surface area (Å²) in [7, 11) is 0. The summed E-state index contributed by atoms with van der Waals surface area (Å²) in [6.45, 7) is 0.418. The van der Waals surface area contributed by atoms with Crippen molar-refractivity contribution in [3.8, 4) is 5.75 Å². The Hall–Kier alpha value is -3.78. The number of fused-ring (bicyclic) bond motifs is 1. The molecule has 1 heterocycles. The molecule has 1 aromatic heterocycles. The van der Waals surface area contributed by atoms with Gasteiger partial charge >= 0.3 is 0 Å². The molecule has 7 nitrogen and oxygen atoms in total. The first-order valence-electron chi connectivity index (χ1n) is 9.39. The van der Waals surface area contributed by atoms with Crippen LogP contribution in [0.1, 0.15) is 11.1 Å². The van der Waals surface area contributed by atoms with Crippen molar-refractivity contribution < 1.29 is 9.66 Å². The monoisotopic (exact) mass is 476 g/mol. The van der Waals surface area contributed by atoms with Crippen LogP contribution in [0.15, 0.2) is 88.6 Å². The number of nitro groups is 1. The van der Waals surface area contributed by atoms with Crippen molar-refractivity contribution in [1.82, 2.24) is 4.98 Å². The molecule has 0 aliphatic heterocycles. The average molecular weight is 477 g/mol. The number of hydrogen-bond donors (Lipinski definition) is 1. The predicted molar refractivity (Wildman–Crippen MR) is 125 cm³/mol. The summed E-state index contributed by atoms with van der Waals surface area (Å²) < 4.78 is 6.99. The van der Waals surface area contributed by atoms with Gasteiger partial charge in [0, 0.05) is 16.1 Å². The number of halogens is 1. The molecule has 0 saturated heterocycles. The zero-order chi connectivity index (χ0) is 21.6. The molecule has 0 bridgehead atoms. The molecule has 1 N–H and O–H groups in total. The Morgan fingerprint density at radius 3 is 2.74 bits per heavy atom. The smallest absolute Gasteiger partial charge is 0.287 e. The first-order chi connectivity index (χ1) is 15.1. The summed E-state index contributed by atoms with van der Waals surface area (Å²) in [6, 6.07) is 22.9. The van der Waals surface area contributed by atoms with E-state index in [1.54, 1.807) is 6.21 Å². The SMILES string of the molecule is O=[N+]([O-])c1ccc(N/N=C\c2cc(Br)ccc2OCc2cccc3ccccc23)nc1. The van der Waals surface area contributed by atoms with Crippen molar-refractivity contribution in [1.29, 1.82) is 0 Å². The van der Waals surface area contributed by atoms with Crippen molar-refractivity contribution in [2.45, 2.75) is 6.61 Å². The van der Waals surface area contributed by atoms with Crippen LogP contribution in [0, 0.1) is 10.1 Å². The Kier molecular flexibility index (Phi) is 6.18. The van der Waals surface area contributed by atoms with Gasteiger partial charge in [0.2, 0.25) is 0 Å². The fourth-order valence-electron chi connectivity index (χ4n) is 3.05. The maximum atomic E-state index is 10.7. The number of pyridine rings is 1. The first-order valence-corrected chi connectivity index (χ1v) is 10.2. The number of benzene rings is 3. The minimum Gasteiger partial charge on any atom is -0.488 e. The van der Waals surface area contributed by atoms with Crippen molar-refractivity contribution in [2.24, 2.45) is 5.10 Å². The molecular formula is C23H17BrN4O3. The van der Waals surface area contributed by atoms with E-state index < -0.39 is 4.92 Å². The molecular weight excluding hydrogens is 460 g/mol. The summed E-state index contributed by atoms with van der Waals surface area (Å²) in [5.74, 6) is 1.08. The van der Waals surface area contributed by atoms with Crippen LogP contribution in [0.2, 0.25) is 0 Å². The average Bonchev–Trinajstić information content (AvgIpc) is 2.79. The van der Waals surface area contributed by atoms with Crippen LogP contribution >= 0.6 is 15.9 Å². The fraction of sp³-hybridized carbons (Fsp3) is 0.0435. The lowest BCUT2D eigenvalue weighted by Gasteiger charge is -2.11. The van der Waals surface area contributed by atoms with Gasteiger partial charge in [-0.05, 0) is 40.6 Å². The number of ether oxygens (including phenoxy) is 1. The van der Waals surface area contributed by atoms with Crippen LogP contribution in [0.5, 0.6) is 5.75 Å². The van der Waals surface area contributed by atoms with Crippen molar-refractivity contribution in [3.05, 3.63) is 105 Å². The predicted octanol–water partition coefficient (Wildman–Crippen LogP) is 5.93. The summed E-state index contributed by atoms with van der Waals surface area (Å²) >= 11 is 3.47. The molecule has 0 amide bonds. The standard InChI is InChI=1S/C23H17BrN4O3/c24-19-8-10-22(31-15-17-6-3-5-16-4-1-2-7-21(16)17)18(12-19)13-26-27-23-11-9-20(14-25-23)28(29)30/h1-14H,15H2,(H,25,27)/b26-13-. The van der Waals surface area contributed by atoms with Gasteiger partial charge in [0.25, 0.3) is 5.69 Å². The van der Waals surface area contributed by atoms with Crippen LogP contribution in [-0.2, 0) is 6.61 Å². The van der Waals surface area contributed by atoms with E-state index in [0.29, 0.717) is 18.2 Å². The van der Waals surface area contributed by atoms with Crippen LogP contribution in [0.25, 0.3) is 10.8 Å². The second-order valence-electron chi connectivity index (χ2n) is 6.64. The van der Waals surface area contributed by atoms with Gasteiger partial charge in [-0.2, -0.15) is 5.10 Å². The molecule has 154 valence electrons. The molecule has 31 heavy (non-hydrogen) atoms. The number of hydrazone groups is 1. The van der Waals surface area contributed by atoms with Crippen LogP contribution in [0.3, 0.4) is 0 Å². The third-order valence-corrected chi connectivity index (χ3v) is 5.07. The molecule has 4 aromatic rings. The fourth-order valence-corrected chi connectivity index (χ4v) is 3.43. The van der Waals surface area contributed by atoms with E-state index in [9.17, 15) is 10.1 Å². The van der Waals surface area contributed by atoms with E-state index in [0.717, 1.165) is 21.0 Å². The molecule has 0 saturated carbocycles. The van der Waals surface area contributed by atoms with Crippen LogP contribution < -0.4 is 10.2 Å². The van der Waals surface area contributed by atoms with Gasteiger partial charge in [0.1, 0.15) is 24.4 Å². The van der Waals surface area contributed by atoms with E-state index in [4.69, 9.17) is 4.74 Å². The quantitative estimate of drug-likeness (QED) is 0.202. The highest BCUT2D eigenvalue weighted by Crippen LogP contribution is 2.25. The lowest BCUT2D eigenvalue weighted by Crippen LogP contribution is -2.00. The molecule has 4 rings (SSSR count). The van der Waals surface area contributed by atoms with Crippen molar-refractivity contribution >= 4 is 44.4 Å². The third kappa shape index (κ3) is 5.04. The lowest BCUT2D eigenvalue weighted by atomic mass is 10.1. The van der Waals surface area contributed by atoms with Gasteiger partial charge in [-0.1, -0.05) is 58.4 Å². The van der Waals surface area contributed by atoms with E-state index in [2.05, 4.69) is 55.7 Å². The molecule has 3 aromatic carbocycles. The Bertz CT molecular complexity index is 1250. The maximum absolute atomic E-state index is 10.7. The number of nitrogens with one attached hydrogen (secondary N) is 1. The minimum absolute atomic E-state index is 0.0781. The number of anilines is 1. The Morgan fingerprint density at radius 2 is 1.94 bits per heavy atom. The molecule has 0 unspecified atom stereocenters. The van der Waals surface area contributed by atoms with Crippen LogP contribution in [-0.4, -0.2) is 16.1 Å². The third-order valence-electron chi connectivity index (χ3n) is 4.58. The van der Waals surface area contributed by atoms with E-state index in [1.807, 2.05) is 36.4 Å². The Labute approximate surface area is 186 Å². The molecule has 0 atom stereocenters. The minimum atomic E-state index is -0.499. The molecule has 0 spiro atoms. The second kappa shape index (κ2) is 9.36. The highest BCUT2D eigenvalue weighted by molar-refractivity contribution is 9.10. The zero-order valence-corrected chi connectivity index (χ0v) is 17.8. The van der Waals surface area contributed by atoms with Gasteiger partial charge < -0.3 is 4.74 Å². The largest absolute Gasteiger partial charge is 0.488 e. The second-order valence-corrected chi connectivity index (χ2v) is 7.55. The highest BCUT2D eigenvalue weighted by atomic mass is 79.9. The van der Waals surface area contributed by atoms with Crippen molar-refractivity contribution in [2.75, 3.05) is 5.43 Å². The summed E-state index contributed by atoms with van der Waals surface area (Å²) in [6.07, 6.45) is 2.79. The summed E-state index contributed by atoms with van der Waals surface area (Å²) in [5.41, 5.74) is 4.55. The normalized spacial score (nSPS) is 11.0. The number of nitrogens with zero attached hydrogens (tertiary/aromatic N) is 3. The summed E-state index contributed by atoms with van der Waals surface area (Å²) in [5, 5.41) is 17.2. The van der Waals surface area contributed by atoms with Gasteiger partial charge in [-0.3, -0.25) is 15.5 Å².